The fourth-order valence-corrected chi connectivity index (χ4v) is 3.47. The number of anilines is 1. The number of hydrogen-bond acceptors (Lipinski definition) is 5. The number of nitrogens with zero attached hydrogens (tertiary/aromatic N) is 3. The summed E-state index contributed by atoms with van der Waals surface area (Å²) in [5.74, 6) is 0.834. The minimum atomic E-state index is -0.100. The van der Waals surface area contributed by atoms with Gasteiger partial charge in [-0.2, -0.15) is 4.98 Å². The lowest BCUT2D eigenvalue weighted by atomic mass is 9.96. The number of H-pyrrole nitrogens is 1. The number of aromatic amines is 1. The van der Waals surface area contributed by atoms with Crippen LogP contribution in [0.3, 0.4) is 0 Å². The van der Waals surface area contributed by atoms with Gasteiger partial charge in [0.1, 0.15) is 0 Å². The van der Waals surface area contributed by atoms with E-state index in [1.165, 1.54) is 4.88 Å². The van der Waals surface area contributed by atoms with E-state index in [-0.39, 0.29) is 17.7 Å². The van der Waals surface area contributed by atoms with Crippen molar-refractivity contribution >= 4 is 29.1 Å². The largest absolute Gasteiger partial charge is 0.343 e. The van der Waals surface area contributed by atoms with Gasteiger partial charge in [0, 0.05) is 30.8 Å². The van der Waals surface area contributed by atoms with Gasteiger partial charge in [0.2, 0.25) is 17.8 Å². The van der Waals surface area contributed by atoms with Gasteiger partial charge in [-0.15, -0.1) is 16.4 Å². The predicted molar refractivity (Wildman–Crippen MR) is 88.0 cm³/mol. The maximum atomic E-state index is 12.3. The van der Waals surface area contributed by atoms with Crippen LogP contribution in [0.15, 0.2) is 12.1 Å². The molecule has 0 aliphatic carbocycles. The molecule has 1 saturated heterocycles. The zero-order valence-corrected chi connectivity index (χ0v) is 13.9. The van der Waals surface area contributed by atoms with E-state index in [4.69, 9.17) is 0 Å². The number of thiophene rings is 1. The Labute approximate surface area is 138 Å². The molecule has 0 radical (unpaired) electrons. The van der Waals surface area contributed by atoms with Crippen LogP contribution in [0.2, 0.25) is 0 Å². The summed E-state index contributed by atoms with van der Waals surface area (Å²) in [6.45, 7) is 4.84. The number of aromatic nitrogens is 3. The molecule has 3 rings (SSSR count). The van der Waals surface area contributed by atoms with E-state index >= 15 is 0 Å². The maximum absolute atomic E-state index is 12.3. The molecule has 2 aromatic heterocycles. The van der Waals surface area contributed by atoms with Crippen LogP contribution >= 0.6 is 11.3 Å². The first-order valence-electron chi connectivity index (χ1n) is 7.58. The highest BCUT2D eigenvalue weighted by atomic mass is 32.1. The van der Waals surface area contributed by atoms with Gasteiger partial charge in [-0.25, -0.2) is 0 Å². The molecule has 8 heteroatoms. The molecule has 122 valence electrons. The molecule has 0 bridgehead atoms. The molecule has 1 aliphatic rings. The van der Waals surface area contributed by atoms with E-state index in [0.717, 1.165) is 4.88 Å². The van der Waals surface area contributed by atoms with Crippen molar-refractivity contribution in [3.05, 3.63) is 17.0 Å². The van der Waals surface area contributed by atoms with Crippen LogP contribution in [0.25, 0.3) is 10.7 Å². The van der Waals surface area contributed by atoms with Crippen molar-refractivity contribution in [3.63, 3.8) is 0 Å². The Bertz CT molecular complexity index is 715. The summed E-state index contributed by atoms with van der Waals surface area (Å²) in [6, 6.07) is 3.99. The topological polar surface area (TPSA) is 91.0 Å². The Morgan fingerprint density at radius 3 is 2.70 bits per heavy atom. The van der Waals surface area contributed by atoms with Crippen molar-refractivity contribution < 1.29 is 9.59 Å². The first-order chi connectivity index (χ1) is 11.0. The van der Waals surface area contributed by atoms with Crippen LogP contribution in [0.5, 0.6) is 0 Å². The summed E-state index contributed by atoms with van der Waals surface area (Å²) in [5, 5.41) is 9.66. The second-order valence-corrected chi connectivity index (χ2v) is 6.98. The number of hydrogen-bond donors (Lipinski definition) is 2. The van der Waals surface area contributed by atoms with Gasteiger partial charge in [0.25, 0.3) is 0 Å². The van der Waals surface area contributed by atoms with E-state index in [1.807, 2.05) is 19.1 Å². The Balaban J connectivity index is 1.58. The number of nitrogens with one attached hydrogen (secondary N) is 2. The standard InChI is InChI=1S/C15H19N5O2S/c1-9-3-4-12(23-9)13-16-15(19-18-13)17-14(22)11-5-7-20(8-6-11)10(2)21/h3-4,11H,5-8H2,1-2H3,(H2,16,17,18,19,22). The minimum absolute atomic E-state index is 0.0636. The fraction of sp³-hybridized carbons (Fsp3) is 0.467. The van der Waals surface area contributed by atoms with Crippen LogP contribution in [0.4, 0.5) is 5.95 Å². The number of aryl methyl sites for hydroxylation is 1. The molecular formula is C15H19N5O2S. The number of carbonyl (C=O) groups excluding carboxylic acids is 2. The third kappa shape index (κ3) is 3.58. The van der Waals surface area contributed by atoms with Gasteiger partial charge in [-0.1, -0.05) is 0 Å². The number of carbonyl (C=O) groups is 2. The Morgan fingerprint density at radius 2 is 2.09 bits per heavy atom. The Morgan fingerprint density at radius 1 is 1.35 bits per heavy atom. The molecule has 2 aromatic rings. The molecule has 0 spiro atoms. The summed E-state index contributed by atoms with van der Waals surface area (Å²) < 4.78 is 0. The predicted octanol–water partition coefficient (Wildman–Crippen LogP) is 2.04. The molecule has 1 aliphatic heterocycles. The van der Waals surface area contributed by atoms with Gasteiger partial charge in [0.15, 0.2) is 5.82 Å². The monoisotopic (exact) mass is 333 g/mol. The summed E-state index contributed by atoms with van der Waals surface area (Å²) >= 11 is 1.62. The van der Waals surface area contributed by atoms with E-state index in [0.29, 0.717) is 37.7 Å². The number of rotatable bonds is 3. The zero-order valence-electron chi connectivity index (χ0n) is 13.1. The molecule has 3 heterocycles. The average Bonchev–Trinajstić information content (AvgIpc) is 3.16. The Hall–Kier alpha value is -2.22. The van der Waals surface area contributed by atoms with E-state index in [2.05, 4.69) is 20.5 Å². The summed E-state index contributed by atoms with van der Waals surface area (Å²) in [4.78, 5) is 31.9. The number of amides is 2. The SMILES string of the molecule is CC(=O)N1CCC(C(=O)Nc2n[nH]c(-c3ccc(C)s3)n2)CC1. The smallest absolute Gasteiger partial charge is 0.249 e. The second kappa shape index (κ2) is 6.49. The quantitative estimate of drug-likeness (QED) is 0.899. The first-order valence-corrected chi connectivity index (χ1v) is 8.40. The molecule has 0 unspecified atom stereocenters. The number of likely N-dealkylation sites (tertiary alicyclic amines) is 1. The lowest BCUT2D eigenvalue weighted by molar-refractivity contribution is -0.132. The van der Waals surface area contributed by atoms with Gasteiger partial charge in [-0.3, -0.25) is 20.0 Å². The van der Waals surface area contributed by atoms with Crippen molar-refractivity contribution in [3.8, 4) is 10.7 Å². The molecular weight excluding hydrogens is 314 g/mol. The second-order valence-electron chi connectivity index (χ2n) is 5.69. The van der Waals surface area contributed by atoms with Crippen LogP contribution in [-0.2, 0) is 9.59 Å². The van der Waals surface area contributed by atoms with Crippen LogP contribution in [0.1, 0.15) is 24.6 Å². The van der Waals surface area contributed by atoms with E-state index in [9.17, 15) is 9.59 Å². The highest BCUT2D eigenvalue weighted by molar-refractivity contribution is 7.15. The van der Waals surface area contributed by atoms with Crippen molar-refractivity contribution in [1.29, 1.82) is 0 Å². The summed E-state index contributed by atoms with van der Waals surface area (Å²) in [7, 11) is 0. The molecule has 7 nitrogen and oxygen atoms in total. The highest BCUT2D eigenvalue weighted by Crippen LogP contribution is 2.25. The van der Waals surface area contributed by atoms with Gasteiger partial charge >= 0.3 is 0 Å². The number of piperidine rings is 1. The van der Waals surface area contributed by atoms with Crippen molar-refractivity contribution in [1.82, 2.24) is 20.1 Å². The minimum Gasteiger partial charge on any atom is -0.343 e. The van der Waals surface area contributed by atoms with Gasteiger partial charge < -0.3 is 4.90 Å². The van der Waals surface area contributed by atoms with Crippen LogP contribution in [-0.4, -0.2) is 45.0 Å². The van der Waals surface area contributed by atoms with Crippen LogP contribution < -0.4 is 5.32 Å². The molecule has 2 amide bonds. The third-order valence-corrected chi connectivity index (χ3v) is 5.01. The molecule has 0 atom stereocenters. The molecule has 1 fully saturated rings. The van der Waals surface area contributed by atoms with E-state index in [1.54, 1.807) is 23.2 Å². The normalized spacial score (nSPS) is 15.7. The third-order valence-electron chi connectivity index (χ3n) is 4.01. The molecule has 2 N–H and O–H groups in total. The van der Waals surface area contributed by atoms with Crippen molar-refractivity contribution in [2.75, 3.05) is 18.4 Å². The van der Waals surface area contributed by atoms with Crippen molar-refractivity contribution in [2.24, 2.45) is 5.92 Å². The van der Waals surface area contributed by atoms with Gasteiger partial charge in [0.05, 0.1) is 4.88 Å². The van der Waals surface area contributed by atoms with Crippen molar-refractivity contribution in [2.45, 2.75) is 26.7 Å². The van der Waals surface area contributed by atoms with E-state index < -0.39 is 0 Å². The zero-order chi connectivity index (χ0) is 16.4. The first kappa shape index (κ1) is 15.7. The summed E-state index contributed by atoms with van der Waals surface area (Å²) in [6.07, 6.45) is 1.35. The highest BCUT2D eigenvalue weighted by Gasteiger charge is 2.26. The molecule has 23 heavy (non-hydrogen) atoms. The lowest BCUT2D eigenvalue weighted by Crippen LogP contribution is -2.40. The molecule has 0 saturated carbocycles. The molecule has 0 aromatic carbocycles. The maximum Gasteiger partial charge on any atom is 0.249 e. The summed E-state index contributed by atoms with van der Waals surface area (Å²) in [5.41, 5.74) is 0. The Kier molecular flexibility index (Phi) is 4.42. The lowest BCUT2D eigenvalue weighted by Gasteiger charge is -2.30. The van der Waals surface area contributed by atoms with Gasteiger partial charge in [-0.05, 0) is 31.9 Å². The average molecular weight is 333 g/mol. The van der Waals surface area contributed by atoms with Crippen LogP contribution in [0, 0.1) is 12.8 Å². The fourth-order valence-electron chi connectivity index (χ4n) is 2.66.